The molecule has 0 aliphatic carbocycles. The lowest BCUT2D eigenvalue weighted by Gasteiger charge is -2.22. The molecular weight excluding hydrogens is 220 g/mol. The number of hydrogen-bond acceptors (Lipinski definition) is 2. The van der Waals surface area contributed by atoms with Crippen LogP contribution in [-0.2, 0) is 0 Å². The van der Waals surface area contributed by atoms with Crippen LogP contribution in [0.1, 0.15) is 16.7 Å². The Morgan fingerprint density at radius 2 is 1.72 bits per heavy atom. The number of para-hydroxylation sites is 1. The van der Waals surface area contributed by atoms with Crippen LogP contribution in [0.4, 0.5) is 11.4 Å². The Morgan fingerprint density at radius 1 is 1.00 bits per heavy atom. The zero-order valence-electron chi connectivity index (χ0n) is 10.9. The smallest absolute Gasteiger partial charge is 0.0994 e. The summed E-state index contributed by atoms with van der Waals surface area (Å²) in [6.45, 7) is 4.07. The molecular formula is C16H16N2. The highest BCUT2D eigenvalue weighted by molar-refractivity contribution is 5.67. The molecule has 0 saturated carbocycles. The summed E-state index contributed by atoms with van der Waals surface area (Å²) >= 11 is 0. The lowest BCUT2D eigenvalue weighted by Crippen LogP contribution is -2.11. The van der Waals surface area contributed by atoms with Crippen LogP contribution in [0, 0.1) is 25.2 Å². The first-order valence-electron chi connectivity index (χ1n) is 5.93. The molecule has 2 aromatic rings. The Hall–Kier alpha value is -2.27. The summed E-state index contributed by atoms with van der Waals surface area (Å²) in [7, 11) is 2.04. The maximum atomic E-state index is 8.95. The van der Waals surface area contributed by atoms with Crippen molar-refractivity contribution in [3.63, 3.8) is 0 Å². The van der Waals surface area contributed by atoms with Gasteiger partial charge in [-0.25, -0.2) is 0 Å². The van der Waals surface area contributed by atoms with Crippen LogP contribution in [0.15, 0.2) is 42.5 Å². The Bertz CT molecular complexity index is 609. The first kappa shape index (κ1) is 12.2. The predicted octanol–water partition coefficient (Wildman–Crippen LogP) is 3.94. The van der Waals surface area contributed by atoms with Gasteiger partial charge < -0.3 is 4.90 Å². The zero-order valence-corrected chi connectivity index (χ0v) is 10.9. The highest BCUT2D eigenvalue weighted by Crippen LogP contribution is 2.27. The fourth-order valence-electron chi connectivity index (χ4n) is 2.06. The number of nitriles is 1. The van der Waals surface area contributed by atoms with Gasteiger partial charge in [0.15, 0.2) is 0 Å². The Labute approximate surface area is 108 Å². The summed E-state index contributed by atoms with van der Waals surface area (Å²) in [4.78, 5) is 2.14. The Kier molecular flexibility index (Phi) is 3.34. The minimum Gasteiger partial charge on any atom is -0.344 e. The molecule has 0 aliphatic rings. The van der Waals surface area contributed by atoms with E-state index in [0.717, 1.165) is 16.8 Å². The lowest BCUT2D eigenvalue weighted by atomic mass is 10.1. The number of hydrogen-bond donors (Lipinski definition) is 0. The fraction of sp³-hybridized carbons (Fsp3) is 0.188. The van der Waals surface area contributed by atoms with Crippen LogP contribution in [0.5, 0.6) is 0 Å². The van der Waals surface area contributed by atoms with Gasteiger partial charge >= 0.3 is 0 Å². The first-order valence-corrected chi connectivity index (χ1v) is 5.93. The molecule has 90 valence electrons. The Balaban J connectivity index is 2.41. The largest absolute Gasteiger partial charge is 0.344 e. The lowest BCUT2D eigenvalue weighted by molar-refractivity contribution is 1.18. The minimum absolute atomic E-state index is 0.733. The van der Waals surface area contributed by atoms with Crippen LogP contribution in [0.2, 0.25) is 0 Å². The average Bonchev–Trinajstić information content (AvgIpc) is 2.38. The van der Waals surface area contributed by atoms with E-state index in [1.807, 2.05) is 44.3 Å². The molecule has 0 unspecified atom stereocenters. The van der Waals surface area contributed by atoms with Crippen molar-refractivity contribution < 1.29 is 0 Å². The summed E-state index contributed by atoms with van der Waals surface area (Å²) in [6.07, 6.45) is 0. The van der Waals surface area contributed by atoms with Gasteiger partial charge in [-0.15, -0.1) is 0 Å². The van der Waals surface area contributed by atoms with Crippen LogP contribution in [0.3, 0.4) is 0 Å². The van der Waals surface area contributed by atoms with E-state index in [4.69, 9.17) is 5.26 Å². The molecule has 0 N–H and O–H groups in total. The number of anilines is 2. The van der Waals surface area contributed by atoms with Gasteiger partial charge in [0.2, 0.25) is 0 Å². The number of aryl methyl sites for hydroxylation is 2. The van der Waals surface area contributed by atoms with Crippen LogP contribution < -0.4 is 4.90 Å². The van der Waals surface area contributed by atoms with Crippen LogP contribution >= 0.6 is 0 Å². The third kappa shape index (κ3) is 2.21. The second-order valence-electron chi connectivity index (χ2n) is 4.46. The molecule has 0 bridgehead atoms. The molecule has 0 aromatic heterocycles. The molecule has 18 heavy (non-hydrogen) atoms. The van der Waals surface area contributed by atoms with Crippen molar-refractivity contribution in [2.24, 2.45) is 0 Å². The summed E-state index contributed by atoms with van der Waals surface area (Å²) in [5.74, 6) is 0. The second-order valence-corrected chi connectivity index (χ2v) is 4.46. The van der Waals surface area contributed by atoms with Crippen molar-refractivity contribution in [3.8, 4) is 6.07 Å². The van der Waals surface area contributed by atoms with Gasteiger partial charge in [0.25, 0.3) is 0 Å². The molecule has 0 spiro atoms. The second kappa shape index (κ2) is 4.93. The molecule has 2 nitrogen and oxygen atoms in total. The van der Waals surface area contributed by atoms with Gasteiger partial charge in [-0.2, -0.15) is 5.26 Å². The Morgan fingerprint density at radius 3 is 2.33 bits per heavy atom. The van der Waals surface area contributed by atoms with Crippen molar-refractivity contribution in [2.45, 2.75) is 13.8 Å². The van der Waals surface area contributed by atoms with Crippen molar-refractivity contribution in [2.75, 3.05) is 11.9 Å². The van der Waals surface area contributed by atoms with E-state index >= 15 is 0 Å². The average molecular weight is 236 g/mol. The van der Waals surface area contributed by atoms with Gasteiger partial charge in [0.05, 0.1) is 11.6 Å². The first-order chi connectivity index (χ1) is 8.63. The van der Waals surface area contributed by atoms with Gasteiger partial charge in [0, 0.05) is 18.4 Å². The van der Waals surface area contributed by atoms with E-state index in [9.17, 15) is 0 Å². The van der Waals surface area contributed by atoms with Gasteiger partial charge in [-0.3, -0.25) is 0 Å². The van der Waals surface area contributed by atoms with Crippen molar-refractivity contribution in [3.05, 3.63) is 59.2 Å². The molecule has 0 aliphatic heterocycles. The molecule has 0 atom stereocenters. The third-order valence-electron chi connectivity index (χ3n) is 3.19. The molecule has 0 heterocycles. The SMILES string of the molecule is Cc1cc(N(C)c2ccccc2C)ccc1C#N. The van der Waals surface area contributed by atoms with Gasteiger partial charge in [-0.05, 0) is 49.2 Å². The highest BCUT2D eigenvalue weighted by Gasteiger charge is 2.07. The zero-order chi connectivity index (χ0) is 13.1. The fourth-order valence-corrected chi connectivity index (χ4v) is 2.06. The molecule has 0 fully saturated rings. The summed E-state index contributed by atoms with van der Waals surface area (Å²) in [6, 6.07) is 16.4. The number of benzene rings is 2. The monoisotopic (exact) mass is 236 g/mol. The van der Waals surface area contributed by atoms with Crippen LogP contribution in [0.25, 0.3) is 0 Å². The van der Waals surface area contributed by atoms with E-state index in [-0.39, 0.29) is 0 Å². The normalized spacial score (nSPS) is 9.89. The quantitative estimate of drug-likeness (QED) is 0.789. The van der Waals surface area contributed by atoms with E-state index in [1.54, 1.807) is 0 Å². The standard InChI is InChI=1S/C16H16N2/c1-12-6-4-5-7-16(12)18(3)15-9-8-14(11-17)13(2)10-15/h4-10H,1-3H3. The maximum absolute atomic E-state index is 8.95. The highest BCUT2D eigenvalue weighted by atomic mass is 15.1. The predicted molar refractivity (Wildman–Crippen MR) is 75.1 cm³/mol. The topological polar surface area (TPSA) is 27.0 Å². The molecule has 0 saturated heterocycles. The number of nitrogens with zero attached hydrogens (tertiary/aromatic N) is 2. The van der Waals surface area contributed by atoms with Gasteiger partial charge in [-0.1, -0.05) is 18.2 Å². The van der Waals surface area contributed by atoms with E-state index in [0.29, 0.717) is 0 Å². The number of rotatable bonds is 2. The molecule has 2 heteroatoms. The molecule has 0 radical (unpaired) electrons. The van der Waals surface area contributed by atoms with Crippen LogP contribution in [-0.4, -0.2) is 7.05 Å². The summed E-state index contributed by atoms with van der Waals surface area (Å²) in [5.41, 5.74) is 5.26. The molecule has 2 aromatic carbocycles. The minimum atomic E-state index is 0.733. The van der Waals surface area contributed by atoms with Crippen molar-refractivity contribution in [1.29, 1.82) is 5.26 Å². The van der Waals surface area contributed by atoms with Crippen molar-refractivity contribution in [1.82, 2.24) is 0 Å². The molecule has 2 rings (SSSR count). The van der Waals surface area contributed by atoms with E-state index in [1.165, 1.54) is 11.3 Å². The summed E-state index contributed by atoms with van der Waals surface area (Å²) in [5, 5.41) is 8.95. The van der Waals surface area contributed by atoms with Gasteiger partial charge in [0.1, 0.15) is 0 Å². The maximum Gasteiger partial charge on any atom is 0.0994 e. The van der Waals surface area contributed by atoms with E-state index in [2.05, 4.69) is 30.0 Å². The molecule has 0 amide bonds. The van der Waals surface area contributed by atoms with Crippen molar-refractivity contribution >= 4 is 11.4 Å². The summed E-state index contributed by atoms with van der Waals surface area (Å²) < 4.78 is 0. The third-order valence-corrected chi connectivity index (χ3v) is 3.19. The van der Waals surface area contributed by atoms with E-state index < -0.39 is 0 Å².